The molecular weight excluding hydrogens is 737 g/mol. The van der Waals surface area contributed by atoms with Crippen LogP contribution in [0.5, 0.6) is 0 Å². The summed E-state index contributed by atoms with van der Waals surface area (Å²) in [6.45, 7) is 3.39. The van der Waals surface area contributed by atoms with Gasteiger partial charge in [-0.25, -0.2) is 0 Å². The Morgan fingerprint density at radius 1 is 0.517 bits per heavy atom. The third-order valence-electron chi connectivity index (χ3n) is 11.1. The van der Waals surface area contributed by atoms with Gasteiger partial charge in [-0.2, -0.15) is 0 Å². The Hall–Kier alpha value is -1.82. The molecule has 1 saturated heterocycles. The number of carbonyl (C=O) groups is 2. The highest BCUT2D eigenvalue weighted by molar-refractivity contribution is 5.70. The molecule has 1 heterocycles. The summed E-state index contributed by atoms with van der Waals surface area (Å²) in [5, 5.41) is 40.0. The predicted octanol–water partition coefficient (Wildman–Crippen LogP) is 10.5. The molecule has 0 aromatic heterocycles. The highest BCUT2D eigenvalue weighted by Gasteiger charge is 2.44. The van der Waals surface area contributed by atoms with Gasteiger partial charge in [0.2, 0.25) is 0 Å². The summed E-state index contributed by atoms with van der Waals surface area (Å²) < 4.78 is 22.1. The van der Waals surface area contributed by atoms with Crippen LogP contribution in [0.3, 0.4) is 0 Å². The predicted molar refractivity (Wildman–Crippen MR) is 233 cm³/mol. The van der Waals surface area contributed by atoms with Crippen molar-refractivity contribution in [3.05, 3.63) is 24.3 Å². The number of ether oxygens (including phenoxy) is 4. The van der Waals surface area contributed by atoms with Crippen molar-refractivity contribution in [2.45, 2.75) is 250 Å². The second-order valence-corrected chi connectivity index (χ2v) is 16.6. The second kappa shape index (κ2) is 39.3. The number of carbonyl (C=O) groups excluding carboxylic acids is 2. The van der Waals surface area contributed by atoms with Gasteiger partial charge in [0, 0.05) is 12.8 Å². The van der Waals surface area contributed by atoms with Crippen LogP contribution in [-0.2, 0) is 28.5 Å². The molecule has 0 spiro atoms. The van der Waals surface area contributed by atoms with E-state index in [4.69, 9.17) is 18.9 Å². The summed E-state index contributed by atoms with van der Waals surface area (Å²) in [7, 11) is 0. The number of unbranched alkanes of at least 4 members (excludes halogenated alkanes) is 25. The topological polar surface area (TPSA) is 152 Å². The van der Waals surface area contributed by atoms with Crippen LogP contribution in [0.1, 0.15) is 213 Å². The van der Waals surface area contributed by atoms with Gasteiger partial charge < -0.3 is 39.4 Å². The zero-order valence-electron chi connectivity index (χ0n) is 37.1. The Balaban J connectivity index is 2.25. The lowest BCUT2D eigenvalue weighted by molar-refractivity contribution is -0.305. The minimum atomic E-state index is -1.60. The van der Waals surface area contributed by atoms with Gasteiger partial charge in [0.25, 0.3) is 0 Å². The van der Waals surface area contributed by atoms with Gasteiger partial charge in [0.1, 0.15) is 31.0 Å². The summed E-state index contributed by atoms with van der Waals surface area (Å²) >= 11 is 0. The van der Waals surface area contributed by atoms with Gasteiger partial charge in [-0.1, -0.05) is 179 Å². The minimum Gasteiger partial charge on any atom is -0.462 e. The first-order valence-corrected chi connectivity index (χ1v) is 23.9. The smallest absolute Gasteiger partial charge is 0.306 e. The van der Waals surface area contributed by atoms with Crippen LogP contribution >= 0.6 is 0 Å². The van der Waals surface area contributed by atoms with Crippen molar-refractivity contribution in [1.29, 1.82) is 0 Å². The molecule has 0 aromatic rings. The summed E-state index contributed by atoms with van der Waals surface area (Å²) in [5.41, 5.74) is 0. The van der Waals surface area contributed by atoms with Crippen molar-refractivity contribution in [2.75, 3.05) is 19.8 Å². The molecule has 6 atom stereocenters. The maximum Gasteiger partial charge on any atom is 0.306 e. The number of allylic oxidation sites excluding steroid dienone is 4. The molecule has 2 unspecified atom stereocenters. The van der Waals surface area contributed by atoms with E-state index in [0.29, 0.717) is 12.8 Å². The van der Waals surface area contributed by atoms with E-state index >= 15 is 0 Å². The second-order valence-electron chi connectivity index (χ2n) is 16.6. The molecule has 1 rings (SSSR count). The van der Waals surface area contributed by atoms with Crippen LogP contribution in [0.2, 0.25) is 0 Å². The normalized spacial score (nSPS) is 20.3. The van der Waals surface area contributed by atoms with Gasteiger partial charge in [-0.15, -0.1) is 0 Å². The molecule has 1 fully saturated rings. The van der Waals surface area contributed by atoms with E-state index in [9.17, 15) is 30.0 Å². The molecule has 10 nitrogen and oxygen atoms in total. The maximum atomic E-state index is 12.7. The Bertz CT molecular complexity index is 1000. The fourth-order valence-corrected chi connectivity index (χ4v) is 7.27. The standard InChI is InChI=1S/C48H88O10/c1-3-5-7-9-11-13-15-16-17-18-19-20-21-22-23-24-25-26-27-29-30-32-34-36-43(50)55-39-41(40-56-48-47(54)46(53)45(52)42(38-49)58-48)57-44(51)37-35-33-31-28-14-12-10-8-6-4-2/h24-25,29-30,41-42,45-49,52-54H,3-23,26-28,31-40H2,1-2H3/b25-24+,30-29+/t41-,42-,45+,46?,47?,48-/m0/s1. The number of rotatable bonds is 40. The zero-order chi connectivity index (χ0) is 42.3. The van der Waals surface area contributed by atoms with E-state index in [-0.39, 0.29) is 26.1 Å². The molecule has 4 N–H and O–H groups in total. The van der Waals surface area contributed by atoms with Crippen LogP contribution in [0.4, 0.5) is 0 Å². The average molecular weight is 825 g/mol. The van der Waals surface area contributed by atoms with Crippen molar-refractivity contribution < 1.29 is 49.0 Å². The molecular formula is C48H88O10. The van der Waals surface area contributed by atoms with Crippen molar-refractivity contribution >= 4 is 11.9 Å². The van der Waals surface area contributed by atoms with Gasteiger partial charge in [0.05, 0.1) is 13.2 Å². The zero-order valence-corrected chi connectivity index (χ0v) is 37.1. The van der Waals surface area contributed by atoms with Crippen LogP contribution in [0, 0.1) is 0 Å². The molecule has 0 aliphatic carbocycles. The van der Waals surface area contributed by atoms with Crippen molar-refractivity contribution in [1.82, 2.24) is 0 Å². The first-order valence-electron chi connectivity index (χ1n) is 23.9. The summed E-state index contributed by atoms with van der Waals surface area (Å²) in [4.78, 5) is 25.3. The first-order chi connectivity index (χ1) is 28.3. The van der Waals surface area contributed by atoms with Gasteiger partial charge in [-0.3, -0.25) is 9.59 Å². The van der Waals surface area contributed by atoms with Gasteiger partial charge >= 0.3 is 11.9 Å². The van der Waals surface area contributed by atoms with Gasteiger partial charge in [0.15, 0.2) is 12.4 Å². The first kappa shape index (κ1) is 54.2. The van der Waals surface area contributed by atoms with Crippen LogP contribution in [0.25, 0.3) is 0 Å². The largest absolute Gasteiger partial charge is 0.462 e. The number of aliphatic hydroxyl groups is 4. The van der Waals surface area contributed by atoms with E-state index in [1.165, 1.54) is 128 Å². The summed E-state index contributed by atoms with van der Waals surface area (Å²) in [6.07, 6.45) is 36.4. The molecule has 0 saturated carbocycles. The van der Waals surface area contributed by atoms with E-state index in [1.807, 2.05) is 0 Å². The highest BCUT2D eigenvalue weighted by Crippen LogP contribution is 2.23. The Labute approximate surface area is 353 Å². The lowest BCUT2D eigenvalue weighted by atomic mass is 9.99. The molecule has 0 amide bonds. The van der Waals surface area contributed by atoms with Crippen LogP contribution in [-0.4, -0.2) is 89.0 Å². The van der Waals surface area contributed by atoms with Gasteiger partial charge in [-0.05, 0) is 44.9 Å². The molecule has 0 radical (unpaired) electrons. The Morgan fingerprint density at radius 2 is 0.948 bits per heavy atom. The Kier molecular flexibility index (Phi) is 36.7. The molecule has 1 aliphatic rings. The number of hydrogen-bond acceptors (Lipinski definition) is 10. The molecule has 1 aliphatic heterocycles. The van der Waals surface area contributed by atoms with Crippen LogP contribution in [0.15, 0.2) is 24.3 Å². The molecule has 0 bridgehead atoms. The fourth-order valence-electron chi connectivity index (χ4n) is 7.27. The quantitative estimate of drug-likeness (QED) is 0.0267. The fraction of sp³-hybridized carbons (Fsp3) is 0.875. The SMILES string of the molecule is CCCCCCCCCCCCCCCC/C=C/CC/C=C/CCCC(=O)OC[C@@H](CO[C@H]1O[C@@H](CO)[C@@H](O)C(O)C1O)OC(=O)CCCCCCCCCCCC. The third-order valence-corrected chi connectivity index (χ3v) is 11.1. The lowest BCUT2D eigenvalue weighted by Gasteiger charge is -2.39. The van der Waals surface area contributed by atoms with E-state index < -0.39 is 55.4 Å². The number of aliphatic hydroxyl groups excluding tert-OH is 4. The number of esters is 2. The minimum absolute atomic E-state index is 0.219. The van der Waals surface area contributed by atoms with E-state index in [1.54, 1.807) is 0 Å². The molecule has 58 heavy (non-hydrogen) atoms. The molecule has 10 heteroatoms. The molecule has 0 aromatic carbocycles. The lowest BCUT2D eigenvalue weighted by Crippen LogP contribution is -2.59. The van der Waals surface area contributed by atoms with E-state index in [2.05, 4.69) is 38.2 Å². The van der Waals surface area contributed by atoms with Crippen molar-refractivity contribution in [3.8, 4) is 0 Å². The summed E-state index contributed by atoms with van der Waals surface area (Å²) in [5.74, 6) is -0.851. The van der Waals surface area contributed by atoms with Crippen LogP contribution < -0.4 is 0 Å². The average Bonchev–Trinajstić information content (AvgIpc) is 3.22. The van der Waals surface area contributed by atoms with Crippen molar-refractivity contribution in [2.24, 2.45) is 0 Å². The summed E-state index contributed by atoms with van der Waals surface area (Å²) in [6, 6.07) is 0. The maximum absolute atomic E-state index is 12.7. The molecule has 340 valence electrons. The number of hydrogen-bond donors (Lipinski definition) is 4. The monoisotopic (exact) mass is 825 g/mol. The Morgan fingerprint density at radius 3 is 1.45 bits per heavy atom. The van der Waals surface area contributed by atoms with E-state index in [0.717, 1.165) is 44.9 Å². The third kappa shape index (κ3) is 30.2. The highest BCUT2D eigenvalue weighted by atomic mass is 16.7. The van der Waals surface area contributed by atoms with Crippen molar-refractivity contribution in [3.63, 3.8) is 0 Å².